The van der Waals surface area contributed by atoms with Gasteiger partial charge in [-0.1, -0.05) is 11.6 Å². The van der Waals surface area contributed by atoms with Gasteiger partial charge in [0, 0.05) is 12.4 Å². The molecule has 0 aliphatic rings. The minimum absolute atomic E-state index is 0.602. The van der Waals surface area contributed by atoms with Crippen molar-refractivity contribution in [1.29, 1.82) is 0 Å². The van der Waals surface area contributed by atoms with Crippen LogP contribution in [0, 0.1) is 6.92 Å². The molecule has 0 unspecified atom stereocenters. The Labute approximate surface area is 75.2 Å². The fourth-order valence-corrected chi connectivity index (χ4v) is 1.37. The lowest BCUT2D eigenvalue weighted by Crippen LogP contribution is -1.84. The van der Waals surface area contributed by atoms with E-state index in [1.807, 2.05) is 6.07 Å². The van der Waals surface area contributed by atoms with E-state index in [-0.39, 0.29) is 0 Å². The van der Waals surface area contributed by atoms with Crippen LogP contribution in [-0.2, 0) is 0 Å². The minimum atomic E-state index is 0.602. The molecule has 0 spiro atoms. The van der Waals surface area contributed by atoms with Crippen molar-refractivity contribution >= 4 is 22.6 Å². The molecule has 0 bridgehead atoms. The SMILES string of the molecule is [CH2]c1cc(Cl)c2nccnc2c1. The molecule has 0 N–H and O–H groups in total. The average molecular weight is 178 g/mol. The van der Waals surface area contributed by atoms with Crippen molar-refractivity contribution in [2.24, 2.45) is 0 Å². The molecule has 0 atom stereocenters. The van der Waals surface area contributed by atoms with Crippen LogP contribution in [0.5, 0.6) is 0 Å². The fourth-order valence-electron chi connectivity index (χ4n) is 1.09. The second-order valence-corrected chi connectivity index (χ2v) is 2.91. The molecular weight excluding hydrogens is 172 g/mol. The number of hydrogen-bond acceptors (Lipinski definition) is 2. The van der Waals surface area contributed by atoms with Crippen molar-refractivity contribution in [3.8, 4) is 0 Å². The lowest BCUT2D eigenvalue weighted by atomic mass is 10.2. The Kier molecular flexibility index (Phi) is 1.70. The number of rotatable bonds is 0. The summed E-state index contributed by atoms with van der Waals surface area (Å²) in [6, 6.07) is 3.63. The van der Waals surface area contributed by atoms with E-state index < -0.39 is 0 Å². The first-order valence-electron chi connectivity index (χ1n) is 3.49. The van der Waals surface area contributed by atoms with Gasteiger partial charge < -0.3 is 0 Å². The molecule has 12 heavy (non-hydrogen) atoms. The molecule has 3 heteroatoms. The molecule has 0 saturated heterocycles. The van der Waals surface area contributed by atoms with Crippen LogP contribution < -0.4 is 0 Å². The Morgan fingerprint density at radius 3 is 2.75 bits per heavy atom. The second-order valence-electron chi connectivity index (χ2n) is 2.50. The van der Waals surface area contributed by atoms with Crippen LogP contribution in [0.4, 0.5) is 0 Å². The molecular formula is C9H6ClN2. The first-order chi connectivity index (χ1) is 5.77. The summed E-state index contributed by atoms with van der Waals surface area (Å²) in [4.78, 5) is 8.22. The smallest absolute Gasteiger partial charge is 0.107 e. The lowest BCUT2D eigenvalue weighted by molar-refractivity contribution is 1.29. The Balaban J connectivity index is 2.89. The van der Waals surface area contributed by atoms with E-state index in [9.17, 15) is 0 Å². The largest absolute Gasteiger partial charge is 0.253 e. The van der Waals surface area contributed by atoms with Gasteiger partial charge in [-0.05, 0) is 24.6 Å². The molecule has 2 aromatic rings. The summed E-state index contributed by atoms with van der Waals surface area (Å²) in [5.74, 6) is 0. The summed E-state index contributed by atoms with van der Waals surface area (Å²) in [5.41, 5.74) is 2.37. The van der Waals surface area contributed by atoms with E-state index in [0.29, 0.717) is 5.02 Å². The van der Waals surface area contributed by atoms with Gasteiger partial charge in [-0.2, -0.15) is 0 Å². The molecule has 0 amide bonds. The summed E-state index contributed by atoms with van der Waals surface area (Å²) in [6.07, 6.45) is 3.26. The van der Waals surface area contributed by atoms with E-state index in [4.69, 9.17) is 11.6 Å². The van der Waals surface area contributed by atoms with Crippen molar-refractivity contribution < 1.29 is 0 Å². The molecule has 0 saturated carbocycles. The van der Waals surface area contributed by atoms with Gasteiger partial charge in [-0.3, -0.25) is 9.97 Å². The lowest BCUT2D eigenvalue weighted by Gasteiger charge is -1.99. The van der Waals surface area contributed by atoms with Gasteiger partial charge in [0.2, 0.25) is 0 Å². The predicted octanol–water partition coefficient (Wildman–Crippen LogP) is 2.47. The fraction of sp³-hybridized carbons (Fsp3) is 0. The van der Waals surface area contributed by atoms with Gasteiger partial charge >= 0.3 is 0 Å². The van der Waals surface area contributed by atoms with Crippen LogP contribution in [0.2, 0.25) is 5.02 Å². The molecule has 59 valence electrons. The predicted molar refractivity (Wildman–Crippen MR) is 49.0 cm³/mol. The van der Waals surface area contributed by atoms with E-state index in [2.05, 4.69) is 16.9 Å². The van der Waals surface area contributed by atoms with E-state index >= 15 is 0 Å². The maximum atomic E-state index is 5.92. The van der Waals surface area contributed by atoms with Gasteiger partial charge in [0.05, 0.1) is 10.5 Å². The van der Waals surface area contributed by atoms with Crippen molar-refractivity contribution in [3.05, 3.63) is 42.0 Å². The van der Waals surface area contributed by atoms with Crippen LogP contribution >= 0.6 is 11.6 Å². The number of halogens is 1. The van der Waals surface area contributed by atoms with Gasteiger partial charge in [0.25, 0.3) is 0 Å². The first-order valence-corrected chi connectivity index (χ1v) is 3.87. The maximum Gasteiger partial charge on any atom is 0.107 e. The Hall–Kier alpha value is -1.15. The standard InChI is InChI=1S/C9H6ClN2/c1-6-4-7(10)9-8(5-6)11-2-3-12-9/h2-5H,1H2. The topological polar surface area (TPSA) is 25.8 Å². The maximum absolute atomic E-state index is 5.92. The molecule has 1 heterocycles. The second kappa shape index (κ2) is 2.72. The van der Waals surface area contributed by atoms with Crippen LogP contribution in [0.1, 0.15) is 5.56 Å². The Morgan fingerprint density at radius 1 is 1.17 bits per heavy atom. The summed E-state index contributed by atoms with van der Waals surface area (Å²) >= 11 is 5.92. The van der Waals surface area contributed by atoms with E-state index in [0.717, 1.165) is 16.6 Å². The number of benzene rings is 1. The summed E-state index contributed by atoms with van der Waals surface area (Å²) in [6.45, 7) is 3.78. The van der Waals surface area contributed by atoms with Gasteiger partial charge in [0.1, 0.15) is 5.52 Å². The molecule has 2 rings (SSSR count). The van der Waals surface area contributed by atoms with Crippen LogP contribution in [0.15, 0.2) is 24.5 Å². The normalized spacial score (nSPS) is 10.5. The van der Waals surface area contributed by atoms with Crippen LogP contribution in [0.25, 0.3) is 11.0 Å². The third-order valence-electron chi connectivity index (χ3n) is 1.59. The van der Waals surface area contributed by atoms with Crippen molar-refractivity contribution in [1.82, 2.24) is 9.97 Å². The summed E-state index contributed by atoms with van der Waals surface area (Å²) < 4.78 is 0. The molecule has 0 aliphatic heterocycles. The van der Waals surface area contributed by atoms with Gasteiger partial charge in [-0.15, -0.1) is 0 Å². The Morgan fingerprint density at radius 2 is 1.92 bits per heavy atom. The quantitative estimate of drug-likeness (QED) is 0.618. The van der Waals surface area contributed by atoms with Crippen molar-refractivity contribution in [3.63, 3.8) is 0 Å². The zero-order valence-corrected chi connectivity index (χ0v) is 7.04. The van der Waals surface area contributed by atoms with E-state index in [1.165, 1.54) is 0 Å². The third kappa shape index (κ3) is 1.14. The highest BCUT2D eigenvalue weighted by molar-refractivity contribution is 6.34. The highest BCUT2D eigenvalue weighted by Gasteiger charge is 2.00. The molecule has 2 nitrogen and oxygen atoms in total. The Bertz CT molecular complexity index is 426. The third-order valence-corrected chi connectivity index (χ3v) is 1.88. The van der Waals surface area contributed by atoms with Crippen molar-refractivity contribution in [2.45, 2.75) is 0 Å². The first kappa shape index (κ1) is 7.50. The van der Waals surface area contributed by atoms with Crippen molar-refractivity contribution in [2.75, 3.05) is 0 Å². The van der Waals surface area contributed by atoms with Gasteiger partial charge in [0.15, 0.2) is 0 Å². The number of hydrogen-bond donors (Lipinski definition) is 0. The zero-order valence-electron chi connectivity index (χ0n) is 6.29. The molecule has 0 fully saturated rings. The molecule has 1 radical (unpaired) electrons. The van der Waals surface area contributed by atoms with Gasteiger partial charge in [-0.25, -0.2) is 0 Å². The number of nitrogens with zero attached hydrogens (tertiary/aromatic N) is 2. The summed E-state index contributed by atoms with van der Waals surface area (Å²) in [7, 11) is 0. The monoisotopic (exact) mass is 177 g/mol. The summed E-state index contributed by atoms with van der Waals surface area (Å²) in [5, 5.41) is 0.602. The van der Waals surface area contributed by atoms with E-state index in [1.54, 1.807) is 18.5 Å². The molecule has 1 aromatic carbocycles. The highest BCUT2D eigenvalue weighted by Crippen LogP contribution is 2.20. The average Bonchev–Trinajstić information content (AvgIpc) is 2.04. The highest BCUT2D eigenvalue weighted by atomic mass is 35.5. The molecule has 1 aromatic heterocycles. The van der Waals surface area contributed by atoms with Crippen LogP contribution in [0.3, 0.4) is 0 Å². The minimum Gasteiger partial charge on any atom is -0.253 e. The number of aromatic nitrogens is 2. The van der Waals surface area contributed by atoms with Crippen LogP contribution in [-0.4, -0.2) is 9.97 Å². The number of fused-ring (bicyclic) bond motifs is 1. The molecule has 0 aliphatic carbocycles. The zero-order chi connectivity index (χ0) is 8.55.